The zero-order valence-corrected chi connectivity index (χ0v) is 22.2. The molecule has 3 aromatic carbocycles. The molecule has 0 aliphatic rings. The quantitative estimate of drug-likeness (QED) is 0.475. The van der Waals surface area contributed by atoms with Gasteiger partial charge in [0.25, 0.3) is 10.0 Å². The number of aryl methyl sites for hydroxylation is 3. The van der Waals surface area contributed by atoms with E-state index in [1.807, 2.05) is 57.2 Å². The lowest BCUT2D eigenvalue weighted by Gasteiger charge is -2.32. The maximum absolute atomic E-state index is 13.8. The van der Waals surface area contributed by atoms with Crippen molar-refractivity contribution in [2.45, 2.75) is 45.2 Å². The summed E-state index contributed by atoms with van der Waals surface area (Å²) in [6.45, 7) is 7.05. The minimum atomic E-state index is -4.06. The molecule has 3 rings (SSSR count). The minimum Gasteiger partial charge on any atom is -0.357 e. The third-order valence-corrected chi connectivity index (χ3v) is 7.85. The summed E-state index contributed by atoms with van der Waals surface area (Å²) < 4.78 is 28.7. The zero-order valence-electron chi connectivity index (χ0n) is 21.4. The highest BCUT2D eigenvalue weighted by Crippen LogP contribution is 2.28. The van der Waals surface area contributed by atoms with E-state index in [0.717, 1.165) is 26.6 Å². The fourth-order valence-electron chi connectivity index (χ4n) is 4.12. The number of anilines is 1. The van der Waals surface area contributed by atoms with Crippen LogP contribution < -0.4 is 9.62 Å². The number of sulfonamides is 1. The lowest BCUT2D eigenvalue weighted by molar-refractivity contribution is -0.139. The molecule has 36 heavy (non-hydrogen) atoms. The number of amides is 2. The Labute approximate surface area is 213 Å². The predicted molar refractivity (Wildman–Crippen MR) is 142 cm³/mol. The lowest BCUT2D eigenvalue weighted by atomic mass is 10.1. The third kappa shape index (κ3) is 6.12. The zero-order chi connectivity index (χ0) is 26.5. The van der Waals surface area contributed by atoms with E-state index in [-0.39, 0.29) is 17.3 Å². The lowest BCUT2D eigenvalue weighted by Crippen LogP contribution is -2.50. The van der Waals surface area contributed by atoms with Gasteiger partial charge in [0.05, 0.1) is 10.6 Å². The van der Waals surface area contributed by atoms with Crippen molar-refractivity contribution >= 4 is 27.5 Å². The molecule has 0 heterocycles. The predicted octanol–water partition coefficient (Wildman–Crippen LogP) is 3.97. The number of hydrogen-bond donors (Lipinski definition) is 1. The van der Waals surface area contributed by atoms with E-state index in [1.165, 1.54) is 24.1 Å². The van der Waals surface area contributed by atoms with Crippen LogP contribution in [0.1, 0.15) is 29.2 Å². The molecule has 0 aromatic heterocycles. The Hall–Kier alpha value is -3.65. The Kier molecular flexibility index (Phi) is 8.53. The van der Waals surface area contributed by atoms with Crippen LogP contribution in [0.2, 0.25) is 0 Å². The summed E-state index contributed by atoms with van der Waals surface area (Å²) in [5, 5.41) is 2.59. The van der Waals surface area contributed by atoms with Crippen molar-refractivity contribution in [2.24, 2.45) is 0 Å². The van der Waals surface area contributed by atoms with Crippen LogP contribution in [0, 0.1) is 20.8 Å². The van der Waals surface area contributed by atoms with Crippen LogP contribution >= 0.6 is 0 Å². The van der Waals surface area contributed by atoms with Crippen LogP contribution in [0.5, 0.6) is 0 Å². The van der Waals surface area contributed by atoms with Crippen molar-refractivity contribution in [3.63, 3.8) is 0 Å². The second-order valence-corrected chi connectivity index (χ2v) is 10.8. The average Bonchev–Trinajstić information content (AvgIpc) is 2.85. The molecule has 1 atom stereocenters. The Morgan fingerprint density at radius 3 is 2.17 bits per heavy atom. The molecule has 190 valence electrons. The van der Waals surface area contributed by atoms with Gasteiger partial charge in [0.1, 0.15) is 12.6 Å². The van der Waals surface area contributed by atoms with Gasteiger partial charge in [-0.2, -0.15) is 0 Å². The fraction of sp³-hybridized carbons (Fsp3) is 0.286. The number of likely N-dealkylation sites (N-methyl/N-ethyl adjacent to an activating group) is 1. The smallest absolute Gasteiger partial charge is 0.264 e. The highest BCUT2D eigenvalue weighted by atomic mass is 32.2. The molecular weight excluding hydrogens is 474 g/mol. The first kappa shape index (κ1) is 26.9. The summed E-state index contributed by atoms with van der Waals surface area (Å²) in [4.78, 5) is 27.8. The second-order valence-electron chi connectivity index (χ2n) is 8.92. The first-order valence-corrected chi connectivity index (χ1v) is 13.2. The number of carbonyl (C=O) groups is 2. The highest BCUT2D eigenvalue weighted by Gasteiger charge is 2.32. The molecule has 0 fully saturated rings. The molecule has 0 aliphatic carbocycles. The van der Waals surface area contributed by atoms with E-state index in [2.05, 4.69) is 5.32 Å². The van der Waals surface area contributed by atoms with Gasteiger partial charge < -0.3 is 10.2 Å². The summed E-state index contributed by atoms with van der Waals surface area (Å²) in [6.07, 6.45) is 0. The van der Waals surface area contributed by atoms with Crippen LogP contribution in [0.4, 0.5) is 5.69 Å². The fourth-order valence-corrected chi connectivity index (χ4v) is 5.62. The summed E-state index contributed by atoms with van der Waals surface area (Å²) in [7, 11) is -2.55. The summed E-state index contributed by atoms with van der Waals surface area (Å²) in [5.74, 6) is -0.813. The largest absolute Gasteiger partial charge is 0.357 e. The Morgan fingerprint density at radius 1 is 0.889 bits per heavy atom. The monoisotopic (exact) mass is 507 g/mol. The van der Waals surface area contributed by atoms with Gasteiger partial charge in [0.2, 0.25) is 11.8 Å². The number of carbonyl (C=O) groups excluding carboxylic acids is 2. The van der Waals surface area contributed by atoms with Gasteiger partial charge in [-0.15, -0.1) is 0 Å². The summed E-state index contributed by atoms with van der Waals surface area (Å²) in [6, 6.07) is 20.3. The molecule has 3 aromatic rings. The Bertz CT molecular complexity index is 1340. The van der Waals surface area contributed by atoms with Gasteiger partial charge >= 0.3 is 0 Å². The van der Waals surface area contributed by atoms with Crippen molar-refractivity contribution in [3.8, 4) is 0 Å². The van der Waals surface area contributed by atoms with E-state index in [0.29, 0.717) is 5.69 Å². The van der Waals surface area contributed by atoms with Gasteiger partial charge in [-0.05, 0) is 57.0 Å². The maximum Gasteiger partial charge on any atom is 0.264 e. The number of rotatable bonds is 9. The minimum absolute atomic E-state index is 0.0855. The van der Waals surface area contributed by atoms with Crippen molar-refractivity contribution in [1.29, 1.82) is 0 Å². The van der Waals surface area contributed by atoms with Gasteiger partial charge in [-0.3, -0.25) is 13.9 Å². The van der Waals surface area contributed by atoms with Gasteiger partial charge in [0, 0.05) is 13.6 Å². The van der Waals surface area contributed by atoms with Crippen molar-refractivity contribution in [1.82, 2.24) is 10.2 Å². The molecule has 2 amide bonds. The molecule has 7 nitrogen and oxygen atoms in total. The molecular formula is C28H33N3O4S. The van der Waals surface area contributed by atoms with E-state index in [4.69, 9.17) is 0 Å². The SMILES string of the molecule is CNC(=O)C(C)N(Cc1cccc(C)c1)C(=O)CN(c1ccc(C)cc1C)S(=O)(=O)c1ccccc1. The first-order valence-electron chi connectivity index (χ1n) is 11.8. The molecule has 0 saturated carbocycles. The number of nitrogens with one attached hydrogen (secondary N) is 1. The topological polar surface area (TPSA) is 86.8 Å². The highest BCUT2D eigenvalue weighted by molar-refractivity contribution is 7.92. The summed E-state index contributed by atoms with van der Waals surface area (Å²) in [5.41, 5.74) is 4.00. The Balaban J connectivity index is 2.06. The first-order chi connectivity index (χ1) is 17.0. The molecule has 0 aliphatic heterocycles. The molecule has 0 bridgehead atoms. The van der Waals surface area contributed by atoms with Crippen molar-refractivity contribution in [3.05, 3.63) is 95.1 Å². The van der Waals surface area contributed by atoms with Crippen molar-refractivity contribution in [2.75, 3.05) is 17.9 Å². The van der Waals surface area contributed by atoms with Gasteiger partial charge in [-0.25, -0.2) is 8.42 Å². The standard InChI is InChI=1S/C28H33N3O4S/c1-20-10-9-11-24(17-20)18-30(23(4)28(33)29-5)27(32)19-31(26-15-14-21(2)16-22(26)3)36(34,35)25-12-7-6-8-13-25/h6-17,23H,18-19H2,1-5H3,(H,29,33). The Morgan fingerprint density at radius 2 is 1.56 bits per heavy atom. The van der Waals surface area contributed by atoms with Crippen LogP contribution in [0.15, 0.2) is 77.7 Å². The van der Waals surface area contributed by atoms with Crippen LogP contribution in [0.25, 0.3) is 0 Å². The molecule has 0 radical (unpaired) electrons. The van der Waals surface area contributed by atoms with Gasteiger partial charge in [0.15, 0.2) is 0 Å². The number of hydrogen-bond acceptors (Lipinski definition) is 4. The molecule has 0 saturated heterocycles. The maximum atomic E-state index is 13.8. The van der Waals surface area contributed by atoms with Crippen LogP contribution in [-0.2, 0) is 26.2 Å². The normalized spacial score (nSPS) is 12.0. The van der Waals surface area contributed by atoms with E-state index >= 15 is 0 Å². The average molecular weight is 508 g/mol. The molecule has 8 heteroatoms. The van der Waals surface area contributed by atoms with Crippen LogP contribution in [0.3, 0.4) is 0 Å². The number of benzene rings is 3. The van der Waals surface area contributed by atoms with Crippen molar-refractivity contribution < 1.29 is 18.0 Å². The number of nitrogens with zero attached hydrogens (tertiary/aromatic N) is 2. The van der Waals surface area contributed by atoms with Gasteiger partial charge in [-0.1, -0.05) is 65.7 Å². The molecule has 1 unspecified atom stereocenters. The van der Waals surface area contributed by atoms with E-state index in [9.17, 15) is 18.0 Å². The van der Waals surface area contributed by atoms with E-state index in [1.54, 1.807) is 31.2 Å². The molecule has 0 spiro atoms. The molecule has 1 N–H and O–H groups in total. The second kappa shape index (κ2) is 11.4. The van der Waals surface area contributed by atoms with Crippen LogP contribution in [-0.4, -0.2) is 44.8 Å². The third-order valence-electron chi connectivity index (χ3n) is 6.08. The van der Waals surface area contributed by atoms with E-state index < -0.39 is 28.5 Å². The summed E-state index contributed by atoms with van der Waals surface area (Å²) >= 11 is 0.